The second kappa shape index (κ2) is 3.30. The summed E-state index contributed by atoms with van der Waals surface area (Å²) in [5, 5.41) is 0. The molecule has 2 fully saturated rings. The summed E-state index contributed by atoms with van der Waals surface area (Å²) in [7, 11) is 0. The Balaban J connectivity index is 1.94. The van der Waals surface area contributed by atoms with Crippen molar-refractivity contribution in [1.29, 1.82) is 0 Å². The highest BCUT2D eigenvalue weighted by Crippen LogP contribution is 2.21. The maximum absolute atomic E-state index is 5.47. The molecule has 2 aliphatic rings. The lowest BCUT2D eigenvalue weighted by molar-refractivity contribution is -0.328. The molecule has 2 rings (SSSR count). The van der Waals surface area contributed by atoms with Gasteiger partial charge in [-0.2, -0.15) is 0 Å². The summed E-state index contributed by atoms with van der Waals surface area (Å²) in [6, 6.07) is 0. The molecule has 0 amide bonds. The van der Waals surface area contributed by atoms with Crippen LogP contribution in [0.2, 0.25) is 0 Å². The maximum Gasteiger partial charge on any atom is 0.155 e. The molecule has 4 unspecified atom stereocenters. The lowest BCUT2D eigenvalue weighted by Gasteiger charge is -2.40. The van der Waals surface area contributed by atoms with Crippen molar-refractivity contribution in [2.75, 3.05) is 13.2 Å². The van der Waals surface area contributed by atoms with E-state index in [1.807, 2.05) is 13.8 Å². The zero-order valence-corrected chi connectivity index (χ0v) is 7.36. The van der Waals surface area contributed by atoms with Crippen LogP contribution in [-0.2, 0) is 18.9 Å². The highest BCUT2D eigenvalue weighted by molar-refractivity contribution is 4.77. The second-order valence-corrected chi connectivity index (χ2v) is 3.15. The minimum Gasteiger partial charge on any atom is -0.350 e. The first-order valence-electron chi connectivity index (χ1n) is 4.30. The van der Waals surface area contributed by atoms with Crippen LogP contribution in [0, 0.1) is 0 Å². The fourth-order valence-corrected chi connectivity index (χ4v) is 1.50. The van der Waals surface area contributed by atoms with Gasteiger partial charge in [0.25, 0.3) is 0 Å². The summed E-state index contributed by atoms with van der Waals surface area (Å²) >= 11 is 0. The normalized spacial score (nSPS) is 48.5. The molecule has 2 aliphatic heterocycles. The van der Waals surface area contributed by atoms with E-state index < -0.39 is 0 Å². The van der Waals surface area contributed by atoms with Gasteiger partial charge in [-0.1, -0.05) is 0 Å². The Labute approximate surface area is 71.7 Å². The Morgan fingerprint density at radius 3 is 1.67 bits per heavy atom. The number of hydrogen-bond acceptors (Lipinski definition) is 4. The first kappa shape index (κ1) is 8.44. The molecule has 4 heteroatoms. The van der Waals surface area contributed by atoms with Crippen LogP contribution in [0.15, 0.2) is 0 Å². The largest absolute Gasteiger partial charge is 0.350 e. The highest BCUT2D eigenvalue weighted by atomic mass is 16.8. The molecular weight excluding hydrogens is 160 g/mol. The third-order valence-electron chi connectivity index (χ3n) is 2.14. The molecule has 70 valence electrons. The standard InChI is InChI=1S/C8H14O4/c1-5-9-3-8-7(11-5)4-10-6(2)12-8/h5-8H,3-4H2,1-2H3. The predicted molar refractivity (Wildman–Crippen MR) is 40.6 cm³/mol. The van der Waals surface area contributed by atoms with Gasteiger partial charge in [-0.3, -0.25) is 0 Å². The summed E-state index contributed by atoms with van der Waals surface area (Å²) in [5.41, 5.74) is 0. The van der Waals surface area contributed by atoms with E-state index in [-0.39, 0.29) is 24.8 Å². The van der Waals surface area contributed by atoms with Gasteiger partial charge in [0.05, 0.1) is 13.2 Å². The SMILES string of the molecule is CC1OCC2OC(C)OCC2O1. The number of hydrogen-bond donors (Lipinski definition) is 0. The molecule has 4 nitrogen and oxygen atoms in total. The Hall–Kier alpha value is -0.160. The van der Waals surface area contributed by atoms with E-state index in [9.17, 15) is 0 Å². The van der Waals surface area contributed by atoms with Crippen LogP contribution in [0.4, 0.5) is 0 Å². The lowest BCUT2D eigenvalue weighted by Crippen LogP contribution is -2.51. The number of rotatable bonds is 0. The Bertz CT molecular complexity index is 143. The van der Waals surface area contributed by atoms with Gasteiger partial charge in [0.15, 0.2) is 12.6 Å². The molecule has 0 aliphatic carbocycles. The van der Waals surface area contributed by atoms with Crippen LogP contribution in [0.3, 0.4) is 0 Å². The van der Waals surface area contributed by atoms with Gasteiger partial charge in [-0.25, -0.2) is 0 Å². The molecule has 0 saturated carbocycles. The zero-order valence-electron chi connectivity index (χ0n) is 7.36. The predicted octanol–water partition coefficient (Wildman–Crippen LogP) is 0.509. The molecular formula is C8H14O4. The van der Waals surface area contributed by atoms with Crippen molar-refractivity contribution in [2.24, 2.45) is 0 Å². The van der Waals surface area contributed by atoms with E-state index in [4.69, 9.17) is 18.9 Å². The van der Waals surface area contributed by atoms with Gasteiger partial charge >= 0.3 is 0 Å². The summed E-state index contributed by atoms with van der Waals surface area (Å²) in [6.07, 6.45) is -0.173. The van der Waals surface area contributed by atoms with Crippen LogP contribution in [-0.4, -0.2) is 38.0 Å². The second-order valence-electron chi connectivity index (χ2n) is 3.15. The quantitative estimate of drug-likeness (QED) is 0.536. The van der Waals surface area contributed by atoms with Gasteiger partial charge in [-0.05, 0) is 13.8 Å². The van der Waals surface area contributed by atoms with Crippen LogP contribution in [0.5, 0.6) is 0 Å². The van der Waals surface area contributed by atoms with Crippen molar-refractivity contribution in [3.8, 4) is 0 Å². The first-order valence-corrected chi connectivity index (χ1v) is 4.30. The van der Waals surface area contributed by atoms with Crippen LogP contribution < -0.4 is 0 Å². The minimum absolute atomic E-state index is 0.0462. The van der Waals surface area contributed by atoms with E-state index in [1.54, 1.807) is 0 Å². The van der Waals surface area contributed by atoms with Gasteiger partial charge < -0.3 is 18.9 Å². The smallest absolute Gasteiger partial charge is 0.155 e. The summed E-state index contributed by atoms with van der Waals surface area (Å²) in [4.78, 5) is 0. The molecule has 0 aromatic carbocycles. The van der Waals surface area contributed by atoms with Gasteiger partial charge in [0, 0.05) is 0 Å². The lowest BCUT2D eigenvalue weighted by atomic mass is 10.2. The summed E-state index contributed by atoms with van der Waals surface area (Å²) < 4.78 is 21.5. The fraction of sp³-hybridized carbons (Fsp3) is 1.00. The fourth-order valence-electron chi connectivity index (χ4n) is 1.50. The van der Waals surface area contributed by atoms with Crippen molar-refractivity contribution in [2.45, 2.75) is 38.6 Å². The van der Waals surface area contributed by atoms with Crippen LogP contribution in [0.1, 0.15) is 13.8 Å². The van der Waals surface area contributed by atoms with Crippen molar-refractivity contribution in [3.05, 3.63) is 0 Å². The summed E-state index contributed by atoms with van der Waals surface area (Å²) in [6.45, 7) is 4.99. The van der Waals surface area contributed by atoms with E-state index in [0.29, 0.717) is 13.2 Å². The Kier molecular flexibility index (Phi) is 2.32. The van der Waals surface area contributed by atoms with Crippen molar-refractivity contribution in [3.63, 3.8) is 0 Å². The van der Waals surface area contributed by atoms with E-state index in [0.717, 1.165) is 0 Å². The average Bonchev–Trinajstić information content (AvgIpc) is 2.05. The molecule has 0 aromatic heterocycles. The molecule has 0 bridgehead atoms. The average molecular weight is 174 g/mol. The monoisotopic (exact) mass is 174 g/mol. The minimum atomic E-state index is -0.133. The van der Waals surface area contributed by atoms with Gasteiger partial charge in [0.2, 0.25) is 0 Å². The molecule has 0 spiro atoms. The molecule has 4 atom stereocenters. The van der Waals surface area contributed by atoms with E-state index in [2.05, 4.69) is 0 Å². The molecule has 0 radical (unpaired) electrons. The molecule has 0 aromatic rings. The van der Waals surface area contributed by atoms with Crippen molar-refractivity contribution >= 4 is 0 Å². The highest BCUT2D eigenvalue weighted by Gasteiger charge is 2.35. The number of ether oxygens (including phenoxy) is 4. The van der Waals surface area contributed by atoms with Crippen molar-refractivity contribution in [1.82, 2.24) is 0 Å². The van der Waals surface area contributed by atoms with E-state index >= 15 is 0 Å². The van der Waals surface area contributed by atoms with E-state index in [1.165, 1.54) is 0 Å². The van der Waals surface area contributed by atoms with Gasteiger partial charge in [0.1, 0.15) is 12.2 Å². The third kappa shape index (κ3) is 1.61. The zero-order chi connectivity index (χ0) is 8.55. The molecule has 2 saturated heterocycles. The third-order valence-corrected chi connectivity index (χ3v) is 2.14. The topological polar surface area (TPSA) is 36.9 Å². The molecule has 2 heterocycles. The van der Waals surface area contributed by atoms with Gasteiger partial charge in [-0.15, -0.1) is 0 Å². The summed E-state index contributed by atoms with van der Waals surface area (Å²) in [5.74, 6) is 0. The van der Waals surface area contributed by atoms with Crippen molar-refractivity contribution < 1.29 is 18.9 Å². The Morgan fingerprint density at radius 2 is 1.25 bits per heavy atom. The molecule has 0 N–H and O–H groups in total. The number of fused-ring (bicyclic) bond motifs is 1. The molecule has 12 heavy (non-hydrogen) atoms. The van der Waals surface area contributed by atoms with Crippen LogP contribution in [0.25, 0.3) is 0 Å². The first-order chi connectivity index (χ1) is 5.75. The maximum atomic E-state index is 5.47. The Morgan fingerprint density at radius 1 is 0.833 bits per heavy atom. The van der Waals surface area contributed by atoms with Crippen LogP contribution >= 0.6 is 0 Å².